The van der Waals surface area contributed by atoms with Crippen LogP contribution in [-0.2, 0) is 0 Å². The van der Waals surface area contributed by atoms with Crippen molar-refractivity contribution in [1.29, 1.82) is 0 Å². The second-order valence-electron chi connectivity index (χ2n) is 3.07. The summed E-state index contributed by atoms with van der Waals surface area (Å²) in [5.74, 6) is 0. The van der Waals surface area contributed by atoms with E-state index < -0.39 is 0 Å². The molecular weight excluding hydrogens is 162 g/mol. The van der Waals surface area contributed by atoms with Crippen molar-refractivity contribution in [3.63, 3.8) is 0 Å². The summed E-state index contributed by atoms with van der Waals surface area (Å²) in [4.78, 5) is 5.46. The van der Waals surface area contributed by atoms with Gasteiger partial charge in [-0.05, 0) is 25.5 Å². The largest absolute Gasteiger partial charge is 0.414 e. The van der Waals surface area contributed by atoms with Crippen molar-refractivity contribution in [3.8, 4) is 0 Å². The predicted octanol–water partition coefficient (Wildman–Crippen LogP) is 2.40. The molecule has 0 saturated heterocycles. The maximum absolute atomic E-state index is 5.46. The van der Waals surface area contributed by atoms with E-state index in [2.05, 4.69) is 19.1 Å². The Morgan fingerprint density at radius 1 is 1.31 bits per heavy atom. The topological polar surface area (TPSA) is 14.2 Å². The van der Waals surface area contributed by atoms with E-state index in [1.54, 1.807) is 0 Å². The molecule has 2 aromatic rings. The monoisotopic (exact) mass is 175 g/mol. The molecule has 0 bridgehead atoms. The van der Waals surface area contributed by atoms with Gasteiger partial charge in [0.1, 0.15) is 6.61 Å². The first-order chi connectivity index (χ1) is 6.33. The Hall–Kier alpha value is -1.44. The molecule has 1 aromatic heterocycles. The molecule has 2 rings (SSSR count). The first-order valence-corrected chi connectivity index (χ1v) is 4.53. The van der Waals surface area contributed by atoms with Gasteiger partial charge in [0.15, 0.2) is 0 Å². The summed E-state index contributed by atoms with van der Waals surface area (Å²) in [5.41, 5.74) is 2.39. The number of nitrogens with zero attached hydrogens (tertiary/aromatic N) is 1. The number of aryl methyl sites for hydroxylation is 1. The van der Waals surface area contributed by atoms with Crippen molar-refractivity contribution in [2.75, 3.05) is 6.61 Å². The van der Waals surface area contributed by atoms with Gasteiger partial charge in [0, 0.05) is 11.6 Å². The van der Waals surface area contributed by atoms with Gasteiger partial charge >= 0.3 is 0 Å². The first-order valence-electron chi connectivity index (χ1n) is 4.53. The van der Waals surface area contributed by atoms with Crippen LogP contribution in [0.1, 0.15) is 12.5 Å². The van der Waals surface area contributed by atoms with Crippen LogP contribution in [0.25, 0.3) is 10.9 Å². The minimum absolute atomic E-state index is 0.693. The number of fused-ring (bicyclic) bond motifs is 1. The maximum Gasteiger partial charge on any atom is 0.112 e. The standard InChI is InChI=1S/C11H13NO/c1-3-13-12-8-9(2)10-6-4-5-7-11(10)12/h4-8H,3H2,1-2H3. The number of rotatable bonds is 2. The Labute approximate surface area is 77.7 Å². The van der Waals surface area contributed by atoms with E-state index in [0.717, 1.165) is 5.52 Å². The number of aromatic nitrogens is 1. The minimum atomic E-state index is 0.693. The van der Waals surface area contributed by atoms with Gasteiger partial charge in [-0.25, -0.2) is 0 Å². The van der Waals surface area contributed by atoms with Gasteiger partial charge in [0.05, 0.1) is 5.52 Å². The normalized spacial score (nSPS) is 10.6. The molecule has 0 radical (unpaired) electrons. The lowest BCUT2D eigenvalue weighted by Crippen LogP contribution is -2.08. The Morgan fingerprint density at radius 2 is 2.08 bits per heavy atom. The molecule has 2 heteroatoms. The third-order valence-electron chi connectivity index (χ3n) is 2.15. The van der Waals surface area contributed by atoms with Crippen LogP contribution in [0.5, 0.6) is 0 Å². The van der Waals surface area contributed by atoms with E-state index in [-0.39, 0.29) is 0 Å². The molecule has 1 aromatic carbocycles. The summed E-state index contributed by atoms with van der Waals surface area (Å²) in [6.45, 7) is 4.78. The van der Waals surface area contributed by atoms with Gasteiger partial charge in [0.25, 0.3) is 0 Å². The molecule has 0 spiro atoms. The van der Waals surface area contributed by atoms with E-state index in [1.165, 1.54) is 10.9 Å². The molecule has 0 amide bonds. The first kappa shape index (κ1) is 8.17. The van der Waals surface area contributed by atoms with Crippen molar-refractivity contribution >= 4 is 10.9 Å². The lowest BCUT2D eigenvalue weighted by Gasteiger charge is -2.03. The average Bonchev–Trinajstić information content (AvgIpc) is 2.46. The van der Waals surface area contributed by atoms with Crippen molar-refractivity contribution in [2.24, 2.45) is 0 Å². The third kappa shape index (κ3) is 1.28. The molecular formula is C11H13NO. The summed E-state index contributed by atoms with van der Waals surface area (Å²) >= 11 is 0. The summed E-state index contributed by atoms with van der Waals surface area (Å²) < 4.78 is 1.84. The molecule has 13 heavy (non-hydrogen) atoms. The van der Waals surface area contributed by atoms with Crippen LogP contribution in [0.15, 0.2) is 30.5 Å². The zero-order valence-corrected chi connectivity index (χ0v) is 7.95. The lowest BCUT2D eigenvalue weighted by atomic mass is 10.2. The van der Waals surface area contributed by atoms with E-state index >= 15 is 0 Å². The fraction of sp³-hybridized carbons (Fsp3) is 0.273. The SMILES string of the molecule is CCOn1cc(C)c2ccccc21. The van der Waals surface area contributed by atoms with Crippen LogP contribution >= 0.6 is 0 Å². The van der Waals surface area contributed by atoms with Gasteiger partial charge < -0.3 is 4.84 Å². The van der Waals surface area contributed by atoms with Gasteiger partial charge in [-0.3, -0.25) is 0 Å². The summed E-state index contributed by atoms with van der Waals surface area (Å²) in [6.07, 6.45) is 2.02. The fourth-order valence-corrected chi connectivity index (χ4v) is 1.56. The molecule has 2 nitrogen and oxygen atoms in total. The van der Waals surface area contributed by atoms with Crippen LogP contribution in [0, 0.1) is 6.92 Å². The molecule has 0 aliphatic carbocycles. The van der Waals surface area contributed by atoms with E-state index in [4.69, 9.17) is 4.84 Å². The number of benzene rings is 1. The summed E-state index contributed by atoms with van der Waals surface area (Å²) in [6, 6.07) is 8.25. The molecule has 68 valence electrons. The molecule has 0 fully saturated rings. The highest BCUT2D eigenvalue weighted by Crippen LogP contribution is 2.18. The predicted molar refractivity (Wildman–Crippen MR) is 53.8 cm³/mol. The molecule has 1 heterocycles. The highest BCUT2D eigenvalue weighted by molar-refractivity contribution is 5.83. The summed E-state index contributed by atoms with van der Waals surface area (Å²) in [5, 5.41) is 1.26. The zero-order valence-electron chi connectivity index (χ0n) is 7.95. The zero-order chi connectivity index (χ0) is 9.26. The Balaban J connectivity index is 2.63. The van der Waals surface area contributed by atoms with Crippen molar-refractivity contribution in [1.82, 2.24) is 4.73 Å². The summed E-state index contributed by atoms with van der Waals surface area (Å²) in [7, 11) is 0. The van der Waals surface area contributed by atoms with Crippen LogP contribution in [0.4, 0.5) is 0 Å². The van der Waals surface area contributed by atoms with Gasteiger partial charge in [0.2, 0.25) is 0 Å². The highest BCUT2D eigenvalue weighted by atomic mass is 16.7. The maximum atomic E-state index is 5.46. The van der Waals surface area contributed by atoms with Gasteiger partial charge in [-0.15, -0.1) is 0 Å². The lowest BCUT2D eigenvalue weighted by molar-refractivity contribution is 0.132. The van der Waals surface area contributed by atoms with Crippen LogP contribution in [-0.4, -0.2) is 11.3 Å². The van der Waals surface area contributed by atoms with Crippen LogP contribution in [0.2, 0.25) is 0 Å². The van der Waals surface area contributed by atoms with Gasteiger partial charge in [-0.2, -0.15) is 4.73 Å². The van der Waals surface area contributed by atoms with E-state index in [1.807, 2.05) is 30.0 Å². The van der Waals surface area contributed by atoms with E-state index in [9.17, 15) is 0 Å². The van der Waals surface area contributed by atoms with E-state index in [0.29, 0.717) is 6.61 Å². The number of hydrogen-bond donors (Lipinski definition) is 0. The molecule has 0 atom stereocenters. The average molecular weight is 175 g/mol. The third-order valence-corrected chi connectivity index (χ3v) is 2.15. The second kappa shape index (κ2) is 3.13. The second-order valence-corrected chi connectivity index (χ2v) is 3.07. The van der Waals surface area contributed by atoms with Crippen molar-refractivity contribution < 1.29 is 4.84 Å². The molecule has 0 aliphatic heterocycles. The van der Waals surface area contributed by atoms with Crippen molar-refractivity contribution in [2.45, 2.75) is 13.8 Å². The van der Waals surface area contributed by atoms with Gasteiger partial charge in [-0.1, -0.05) is 18.2 Å². The van der Waals surface area contributed by atoms with Crippen LogP contribution in [0.3, 0.4) is 0 Å². The van der Waals surface area contributed by atoms with Crippen LogP contribution < -0.4 is 4.84 Å². The Kier molecular flexibility index (Phi) is 1.97. The molecule has 0 saturated carbocycles. The molecule has 0 aliphatic rings. The highest BCUT2D eigenvalue weighted by Gasteiger charge is 2.03. The minimum Gasteiger partial charge on any atom is -0.414 e. The Bertz CT molecular complexity index is 417. The Morgan fingerprint density at radius 3 is 2.85 bits per heavy atom. The fourth-order valence-electron chi connectivity index (χ4n) is 1.56. The smallest absolute Gasteiger partial charge is 0.112 e. The number of hydrogen-bond acceptors (Lipinski definition) is 1. The quantitative estimate of drug-likeness (QED) is 0.683. The molecule has 0 N–H and O–H groups in total. The molecule has 0 unspecified atom stereocenters. The van der Waals surface area contributed by atoms with Crippen molar-refractivity contribution in [3.05, 3.63) is 36.0 Å². The number of para-hydroxylation sites is 1.